The van der Waals surface area contributed by atoms with E-state index in [1.807, 2.05) is 0 Å². The zero-order chi connectivity index (χ0) is 7.56. The second-order valence-electron chi connectivity index (χ2n) is 1.67. The van der Waals surface area contributed by atoms with Gasteiger partial charge in [-0.2, -0.15) is 0 Å². The minimum absolute atomic E-state index is 0.246. The molecule has 1 aliphatic heterocycles. The molecule has 10 heavy (non-hydrogen) atoms. The van der Waals surface area contributed by atoms with E-state index >= 15 is 0 Å². The van der Waals surface area contributed by atoms with E-state index in [0.29, 0.717) is 0 Å². The average molecular weight is 143 g/mol. The first kappa shape index (κ1) is 6.53. The molecule has 0 aromatic rings. The minimum Gasteiger partial charge on any atom is -0.368 e. The molecule has 6 heteroatoms. The molecule has 0 unspecified atom stereocenters. The van der Waals surface area contributed by atoms with Crippen molar-refractivity contribution in [2.45, 2.75) is 0 Å². The van der Waals surface area contributed by atoms with E-state index in [2.05, 4.69) is 10.6 Å². The Balaban J connectivity index is 2.81. The molecule has 0 aromatic carbocycles. The van der Waals surface area contributed by atoms with Crippen LogP contribution in [0.2, 0.25) is 0 Å². The SMILES string of the molecule is O=C1NCNC=C1[N+](=O)[O-]. The molecule has 1 rings (SSSR count). The van der Waals surface area contributed by atoms with E-state index in [1.165, 1.54) is 0 Å². The molecule has 2 N–H and O–H groups in total. The first-order chi connectivity index (χ1) is 4.72. The van der Waals surface area contributed by atoms with Crippen LogP contribution in [0.15, 0.2) is 11.9 Å². The topological polar surface area (TPSA) is 84.3 Å². The summed E-state index contributed by atoms with van der Waals surface area (Å²) < 4.78 is 0. The van der Waals surface area contributed by atoms with E-state index in [9.17, 15) is 14.9 Å². The number of nitrogens with one attached hydrogen (secondary N) is 2. The van der Waals surface area contributed by atoms with Gasteiger partial charge in [-0.25, -0.2) is 0 Å². The van der Waals surface area contributed by atoms with Crippen molar-refractivity contribution in [1.82, 2.24) is 10.6 Å². The summed E-state index contributed by atoms with van der Waals surface area (Å²) in [6, 6.07) is 0. The van der Waals surface area contributed by atoms with Crippen LogP contribution in [-0.2, 0) is 4.79 Å². The monoisotopic (exact) mass is 143 g/mol. The first-order valence-corrected chi connectivity index (χ1v) is 2.58. The highest BCUT2D eigenvalue weighted by atomic mass is 16.6. The molecule has 54 valence electrons. The van der Waals surface area contributed by atoms with Crippen LogP contribution < -0.4 is 10.6 Å². The Morgan fingerprint density at radius 2 is 2.40 bits per heavy atom. The first-order valence-electron chi connectivity index (χ1n) is 2.58. The zero-order valence-corrected chi connectivity index (χ0v) is 4.96. The molecular formula is C4H5N3O3. The molecule has 0 aliphatic carbocycles. The number of carbonyl (C=O) groups is 1. The summed E-state index contributed by atoms with van der Waals surface area (Å²) in [6.07, 6.45) is 1.08. The van der Waals surface area contributed by atoms with Gasteiger partial charge < -0.3 is 10.6 Å². The number of amides is 1. The predicted octanol–water partition coefficient (Wildman–Crippen LogP) is -1.22. The lowest BCUT2D eigenvalue weighted by atomic mass is 10.4. The van der Waals surface area contributed by atoms with Crippen LogP contribution in [-0.4, -0.2) is 17.5 Å². The van der Waals surface area contributed by atoms with Gasteiger partial charge >= 0.3 is 11.6 Å². The highest BCUT2D eigenvalue weighted by Crippen LogP contribution is 1.95. The van der Waals surface area contributed by atoms with Crippen LogP contribution >= 0.6 is 0 Å². The standard InChI is InChI=1S/C4H5N3O3/c8-4-3(7(9)10)1-5-2-6-4/h1,5H,2H2,(H,6,8). The maximum absolute atomic E-state index is 10.6. The zero-order valence-electron chi connectivity index (χ0n) is 4.96. The summed E-state index contributed by atoms with van der Waals surface area (Å²) >= 11 is 0. The molecule has 1 heterocycles. The van der Waals surface area contributed by atoms with Crippen LogP contribution in [0.5, 0.6) is 0 Å². The highest BCUT2D eigenvalue weighted by molar-refractivity contribution is 5.91. The second kappa shape index (κ2) is 2.34. The quantitative estimate of drug-likeness (QED) is 0.356. The summed E-state index contributed by atoms with van der Waals surface area (Å²) in [5.74, 6) is -0.649. The molecule has 0 aromatic heterocycles. The Kier molecular flexibility index (Phi) is 1.53. The summed E-state index contributed by atoms with van der Waals surface area (Å²) in [5.41, 5.74) is -0.453. The Bertz CT molecular complexity index is 210. The summed E-state index contributed by atoms with van der Waals surface area (Å²) in [7, 11) is 0. The van der Waals surface area contributed by atoms with Crippen molar-refractivity contribution in [2.75, 3.05) is 6.67 Å². The number of hydrogen-bond donors (Lipinski definition) is 2. The normalized spacial score (nSPS) is 16.8. The van der Waals surface area contributed by atoms with Crippen molar-refractivity contribution >= 4 is 5.91 Å². The number of nitro groups is 1. The maximum atomic E-state index is 10.6. The van der Waals surface area contributed by atoms with Crippen LogP contribution in [0.3, 0.4) is 0 Å². The van der Waals surface area contributed by atoms with Crippen molar-refractivity contribution < 1.29 is 9.72 Å². The highest BCUT2D eigenvalue weighted by Gasteiger charge is 2.23. The van der Waals surface area contributed by atoms with Crippen molar-refractivity contribution in [1.29, 1.82) is 0 Å². The third-order valence-corrected chi connectivity index (χ3v) is 1.02. The molecular weight excluding hydrogens is 138 g/mol. The second-order valence-corrected chi connectivity index (χ2v) is 1.67. The van der Waals surface area contributed by atoms with Gasteiger partial charge in [0, 0.05) is 0 Å². The van der Waals surface area contributed by atoms with Crippen molar-refractivity contribution in [3.8, 4) is 0 Å². The molecule has 0 radical (unpaired) electrons. The fourth-order valence-corrected chi connectivity index (χ4v) is 0.571. The maximum Gasteiger partial charge on any atom is 0.348 e. The lowest BCUT2D eigenvalue weighted by Crippen LogP contribution is -2.39. The minimum atomic E-state index is -0.735. The third-order valence-electron chi connectivity index (χ3n) is 1.02. The van der Waals surface area contributed by atoms with Gasteiger partial charge in [0.1, 0.15) is 0 Å². The fraction of sp³-hybridized carbons (Fsp3) is 0.250. The van der Waals surface area contributed by atoms with Gasteiger partial charge in [-0.3, -0.25) is 14.9 Å². The van der Waals surface area contributed by atoms with E-state index in [4.69, 9.17) is 0 Å². The van der Waals surface area contributed by atoms with Gasteiger partial charge in [-0.15, -0.1) is 0 Å². The fourth-order valence-electron chi connectivity index (χ4n) is 0.571. The van der Waals surface area contributed by atoms with Crippen molar-refractivity contribution in [3.63, 3.8) is 0 Å². The summed E-state index contributed by atoms with van der Waals surface area (Å²) in [4.78, 5) is 19.8. The number of nitrogens with zero attached hydrogens (tertiary/aromatic N) is 1. The lowest BCUT2D eigenvalue weighted by molar-refractivity contribution is -0.420. The molecule has 0 atom stereocenters. The largest absolute Gasteiger partial charge is 0.368 e. The molecule has 0 spiro atoms. The van der Waals surface area contributed by atoms with Crippen LogP contribution in [0, 0.1) is 10.1 Å². The number of rotatable bonds is 1. The molecule has 0 saturated heterocycles. The van der Waals surface area contributed by atoms with Gasteiger partial charge in [0.2, 0.25) is 0 Å². The molecule has 1 aliphatic rings. The van der Waals surface area contributed by atoms with E-state index in [1.54, 1.807) is 0 Å². The van der Waals surface area contributed by atoms with Crippen LogP contribution in [0.1, 0.15) is 0 Å². The molecule has 1 amide bonds. The van der Waals surface area contributed by atoms with Gasteiger partial charge in [-0.1, -0.05) is 0 Å². The van der Waals surface area contributed by atoms with Crippen LogP contribution in [0.4, 0.5) is 0 Å². The van der Waals surface area contributed by atoms with Gasteiger partial charge in [-0.05, 0) is 0 Å². The van der Waals surface area contributed by atoms with Gasteiger partial charge in [0.25, 0.3) is 0 Å². The van der Waals surface area contributed by atoms with Crippen molar-refractivity contribution in [2.24, 2.45) is 0 Å². The molecule has 0 saturated carbocycles. The van der Waals surface area contributed by atoms with Crippen molar-refractivity contribution in [3.05, 3.63) is 22.0 Å². The molecule has 6 nitrogen and oxygen atoms in total. The van der Waals surface area contributed by atoms with E-state index < -0.39 is 16.5 Å². The number of hydrogen-bond acceptors (Lipinski definition) is 4. The summed E-state index contributed by atoms with van der Waals surface area (Å²) in [5, 5.41) is 14.8. The van der Waals surface area contributed by atoms with E-state index in [-0.39, 0.29) is 6.67 Å². The van der Waals surface area contributed by atoms with Crippen LogP contribution in [0.25, 0.3) is 0 Å². The summed E-state index contributed by atoms with van der Waals surface area (Å²) in [6.45, 7) is 0.246. The number of carbonyl (C=O) groups excluding carboxylic acids is 1. The Morgan fingerprint density at radius 3 is 2.80 bits per heavy atom. The molecule has 0 fully saturated rings. The Morgan fingerprint density at radius 1 is 1.70 bits per heavy atom. The smallest absolute Gasteiger partial charge is 0.348 e. The molecule has 0 bridgehead atoms. The lowest BCUT2D eigenvalue weighted by Gasteiger charge is -2.07. The van der Waals surface area contributed by atoms with Gasteiger partial charge in [0.05, 0.1) is 17.8 Å². The van der Waals surface area contributed by atoms with E-state index in [0.717, 1.165) is 6.20 Å². The van der Waals surface area contributed by atoms with Gasteiger partial charge in [0.15, 0.2) is 0 Å². The Labute approximate surface area is 56.1 Å². The third kappa shape index (κ3) is 1.04. The Hall–Kier alpha value is -1.59. The average Bonchev–Trinajstić information content (AvgIpc) is 1.88. The predicted molar refractivity (Wildman–Crippen MR) is 31.2 cm³/mol.